The van der Waals surface area contributed by atoms with Crippen LogP contribution in [0.1, 0.15) is 38.2 Å². The summed E-state index contributed by atoms with van der Waals surface area (Å²) in [5.74, 6) is 1.77. The van der Waals surface area contributed by atoms with Crippen molar-refractivity contribution in [2.24, 2.45) is 5.92 Å². The number of para-hydroxylation sites is 1. The van der Waals surface area contributed by atoms with Crippen LogP contribution in [0.2, 0.25) is 0 Å². The Morgan fingerprint density at radius 3 is 2.85 bits per heavy atom. The molecule has 2 unspecified atom stereocenters. The topological polar surface area (TPSA) is 30.5 Å². The van der Waals surface area contributed by atoms with Gasteiger partial charge in [-0.3, -0.25) is 0 Å². The first-order valence-corrected chi connectivity index (χ1v) is 7.76. The maximum absolute atomic E-state index is 5.93. The van der Waals surface area contributed by atoms with Crippen LogP contribution in [0.4, 0.5) is 0 Å². The molecule has 3 heteroatoms. The fraction of sp³-hybridized carbons (Fsp3) is 0.647. The number of benzene rings is 1. The zero-order valence-electron chi connectivity index (χ0n) is 12.7. The van der Waals surface area contributed by atoms with Gasteiger partial charge in [0.25, 0.3) is 0 Å². The van der Waals surface area contributed by atoms with Gasteiger partial charge >= 0.3 is 0 Å². The molecular formula is C17H27NO2. The highest BCUT2D eigenvalue weighted by Gasteiger charge is 2.18. The smallest absolute Gasteiger partial charge is 0.123 e. The molecule has 3 nitrogen and oxygen atoms in total. The molecule has 1 aromatic carbocycles. The van der Waals surface area contributed by atoms with Gasteiger partial charge in [0.1, 0.15) is 12.4 Å². The molecule has 1 saturated carbocycles. The maximum Gasteiger partial charge on any atom is 0.123 e. The highest BCUT2D eigenvalue weighted by atomic mass is 16.5. The third-order valence-electron chi connectivity index (χ3n) is 3.92. The van der Waals surface area contributed by atoms with E-state index in [2.05, 4.69) is 18.3 Å². The molecule has 2 atom stereocenters. The third-order valence-corrected chi connectivity index (χ3v) is 3.92. The number of rotatable bonds is 7. The molecule has 0 heterocycles. The van der Waals surface area contributed by atoms with Gasteiger partial charge in [0, 0.05) is 12.1 Å². The summed E-state index contributed by atoms with van der Waals surface area (Å²) in [6.07, 6.45) is 5.51. The SMILES string of the molecule is CNCc1ccccc1OCCOC1CCCC(C)C1. The Bertz CT molecular complexity index is 394. The molecule has 20 heavy (non-hydrogen) atoms. The summed E-state index contributed by atoms with van der Waals surface area (Å²) in [4.78, 5) is 0. The van der Waals surface area contributed by atoms with Crippen molar-refractivity contribution in [1.29, 1.82) is 0 Å². The quantitative estimate of drug-likeness (QED) is 0.775. The van der Waals surface area contributed by atoms with Crippen LogP contribution in [0, 0.1) is 5.92 Å². The lowest BCUT2D eigenvalue weighted by Crippen LogP contribution is -2.23. The van der Waals surface area contributed by atoms with Crippen molar-refractivity contribution >= 4 is 0 Å². The second kappa shape index (κ2) is 8.28. The molecule has 1 N–H and O–H groups in total. The van der Waals surface area contributed by atoms with Crippen molar-refractivity contribution in [2.75, 3.05) is 20.3 Å². The molecule has 0 saturated heterocycles. The fourth-order valence-electron chi connectivity index (χ4n) is 2.88. The Labute approximate surface area is 122 Å². The summed E-state index contributed by atoms with van der Waals surface area (Å²) in [6, 6.07) is 8.17. The summed E-state index contributed by atoms with van der Waals surface area (Å²) < 4.78 is 11.8. The molecular weight excluding hydrogens is 250 g/mol. The fourth-order valence-corrected chi connectivity index (χ4v) is 2.88. The predicted octanol–water partition coefficient (Wildman–Crippen LogP) is 3.38. The minimum absolute atomic E-state index is 0.440. The molecule has 0 aromatic heterocycles. The molecule has 0 radical (unpaired) electrons. The summed E-state index contributed by atoms with van der Waals surface area (Å²) in [5, 5.41) is 3.16. The first-order chi connectivity index (χ1) is 9.79. The van der Waals surface area contributed by atoms with Gasteiger partial charge in [-0.15, -0.1) is 0 Å². The first kappa shape index (κ1) is 15.3. The third kappa shape index (κ3) is 4.80. The Balaban J connectivity index is 1.70. The first-order valence-electron chi connectivity index (χ1n) is 7.76. The second-order valence-electron chi connectivity index (χ2n) is 5.75. The largest absolute Gasteiger partial charge is 0.491 e. The van der Waals surface area contributed by atoms with Gasteiger partial charge < -0.3 is 14.8 Å². The van der Waals surface area contributed by atoms with E-state index in [-0.39, 0.29) is 0 Å². The molecule has 1 fully saturated rings. The lowest BCUT2D eigenvalue weighted by molar-refractivity contribution is 0.00185. The molecule has 1 aromatic rings. The Morgan fingerprint density at radius 1 is 1.20 bits per heavy atom. The second-order valence-corrected chi connectivity index (χ2v) is 5.75. The van der Waals surface area contributed by atoms with Crippen LogP contribution in [0.25, 0.3) is 0 Å². The molecule has 0 aliphatic heterocycles. The summed E-state index contributed by atoms with van der Waals surface area (Å²) >= 11 is 0. The highest BCUT2D eigenvalue weighted by Crippen LogP contribution is 2.25. The number of nitrogens with one attached hydrogen (secondary N) is 1. The van der Waals surface area contributed by atoms with E-state index in [0.29, 0.717) is 19.3 Å². The average molecular weight is 277 g/mol. The van der Waals surface area contributed by atoms with Gasteiger partial charge in [0.2, 0.25) is 0 Å². The monoisotopic (exact) mass is 277 g/mol. The van der Waals surface area contributed by atoms with Crippen LogP contribution < -0.4 is 10.1 Å². The van der Waals surface area contributed by atoms with E-state index in [1.807, 2.05) is 25.2 Å². The molecule has 1 aliphatic carbocycles. The van der Waals surface area contributed by atoms with Crippen molar-refractivity contribution in [2.45, 2.75) is 45.3 Å². The van der Waals surface area contributed by atoms with Crippen molar-refractivity contribution < 1.29 is 9.47 Å². The van der Waals surface area contributed by atoms with E-state index >= 15 is 0 Å². The van der Waals surface area contributed by atoms with Crippen LogP contribution in [-0.2, 0) is 11.3 Å². The molecule has 1 aliphatic rings. The molecule has 112 valence electrons. The summed E-state index contributed by atoms with van der Waals surface area (Å²) in [7, 11) is 1.95. The maximum atomic E-state index is 5.93. The normalized spacial score (nSPS) is 22.7. The number of hydrogen-bond donors (Lipinski definition) is 1. The van der Waals surface area contributed by atoms with E-state index in [0.717, 1.165) is 18.2 Å². The zero-order chi connectivity index (χ0) is 14.2. The van der Waals surface area contributed by atoms with Gasteiger partial charge in [0.15, 0.2) is 0 Å². The standard InChI is InChI=1S/C17H27NO2/c1-14-6-5-8-16(12-14)19-10-11-20-17-9-4-3-7-15(17)13-18-2/h3-4,7,9,14,16,18H,5-6,8,10-13H2,1-2H3. The highest BCUT2D eigenvalue weighted by molar-refractivity contribution is 5.33. The predicted molar refractivity (Wildman–Crippen MR) is 82.1 cm³/mol. The van der Waals surface area contributed by atoms with Gasteiger partial charge in [-0.2, -0.15) is 0 Å². The Hall–Kier alpha value is -1.06. The molecule has 0 bridgehead atoms. The average Bonchev–Trinajstić information content (AvgIpc) is 2.46. The van der Waals surface area contributed by atoms with E-state index in [4.69, 9.17) is 9.47 Å². The number of ether oxygens (including phenoxy) is 2. The molecule has 0 amide bonds. The van der Waals surface area contributed by atoms with E-state index in [1.54, 1.807) is 0 Å². The van der Waals surface area contributed by atoms with Crippen molar-refractivity contribution in [3.8, 4) is 5.75 Å². The minimum atomic E-state index is 0.440. The summed E-state index contributed by atoms with van der Waals surface area (Å²) in [6.45, 7) is 4.47. The summed E-state index contributed by atoms with van der Waals surface area (Å²) in [5.41, 5.74) is 1.20. The Morgan fingerprint density at radius 2 is 2.05 bits per heavy atom. The van der Waals surface area contributed by atoms with E-state index in [9.17, 15) is 0 Å². The van der Waals surface area contributed by atoms with E-state index in [1.165, 1.54) is 31.2 Å². The lowest BCUT2D eigenvalue weighted by atomic mass is 9.89. The van der Waals surface area contributed by atoms with Crippen molar-refractivity contribution in [1.82, 2.24) is 5.32 Å². The van der Waals surface area contributed by atoms with Crippen LogP contribution in [0.3, 0.4) is 0 Å². The van der Waals surface area contributed by atoms with Gasteiger partial charge in [0.05, 0.1) is 12.7 Å². The van der Waals surface area contributed by atoms with Crippen LogP contribution in [-0.4, -0.2) is 26.4 Å². The van der Waals surface area contributed by atoms with Gasteiger partial charge in [-0.25, -0.2) is 0 Å². The van der Waals surface area contributed by atoms with Crippen molar-refractivity contribution in [3.63, 3.8) is 0 Å². The van der Waals surface area contributed by atoms with E-state index < -0.39 is 0 Å². The minimum Gasteiger partial charge on any atom is -0.491 e. The van der Waals surface area contributed by atoms with Crippen LogP contribution in [0.15, 0.2) is 24.3 Å². The van der Waals surface area contributed by atoms with Crippen molar-refractivity contribution in [3.05, 3.63) is 29.8 Å². The van der Waals surface area contributed by atoms with Gasteiger partial charge in [-0.05, 0) is 31.9 Å². The van der Waals surface area contributed by atoms with Crippen LogP contribution in [0.5, 0.6) is 5.75 Å². The Kier molecular flexibility index (Phi) is 6.34. The van der Waals surface area contributed by atoms with Gasteiger partial charge in [-0.1, -0.05) is 38.0 Å². The molecule has 0 spiro atoms. The lowest BCUT2D eigenvalue weighted by Gasteiger charge is -2.26. The van der Waals surface area contributed by atoms with Crippen LogP contribution >= 0.6 is 0 Å². The molecule has 2 rings (SSSR count). The zero-order valence-corrected chi connectivity index (χ0v) is 12.7. The number of hydrogen-bond acceptors (Lipinski definition) is 3.